The van der Waals surface area contributed by atoms with Crippen LogP contribution in [0.25, 0.3) is 0 Å². The Morgan fingerprint density at radius 1 is 1.24 bits per heavy atom. The third-order valence-corrected chi connectivity index (χ3v) is 5.04. The van der Waals surface area contributed by atoms with Crippen LogP contribution in [0.4, 0.5) is 5.95 Å². The van der Waals surface area contributed by atoms with Crippen LogP contribution in [-0.2, 0) is 16.0 Å². The zero-order valence-electron chi connectivity index (χ0n) is 16.3. The van der Waals surface area contributed by atoms with E-state index in [1.54, 1.807) is 24.2 Å². The van der Waals surface area contributed by atoms with Crippen molar-refractivity contribution >= 4 is 35.9 Å². The summed E-state index contributed by atoms with van der Waals surface area (Å²) in [4.78, 5) is 17.3. The number of halogens is 1. The Kier molecular flexibility index (Phi) is 7.55. The van der Waals surface area contributed by atoms with Crippen LogP contribution in [-0.4, -0.2) is 88.4 Å². The monoisotopic (exact) mass is 515 g/mol. The predicted molar refractivity (Wildman–Crippen MR) is 117 cm³/mol. The minimum Gasteiger partial charge on any atom is -0.377 e. The van der Waals surface area contributed by atoms with E-state index < -0.39 is 0 Å². The predicted octanol–water partition coefficient (Wildman–Crippen LogP) is -0.0907. The molecule has 158 valence electrons. The molecule has 0 saturated carbocycles. The van der Waals surface area contributed by atoms with Crippen LogP contribution in [0.3, 0.4) is 0 Å². The summed E-state index contributed by atoms with van der Waals surface area (Å²) in [7, 11) is 1.68. The summed E-state index contributed by atoms with van der Waals surface area (Å²) in [5.74, 6) is 1.27. The maximum absolute atomic E-state index is 6.18. The van der Waals surface area contributed by atoms with Crippen LogP contribution in [0.15, 0.2) is 29.6 Å². The molecule has 2 atom stereocenters. The van der Waals surface area contributed by atoms with Gasteiger partial charge in [0.1, 0.15) is 17.8 Å². The van der Waals surface area contributed by atoms with Gasteiger partial charge < -0.3 is 25.0 Å². The number of anilines is 1. The highest BCUT2D eigenvalue weighted by Gasteiger charge is 2.30. The van der Waals surface area contributed by atoms with Crippen LogP contribution in [0, 0.1) is 0 Å². The Morgan fingerprint density at radius 3 is 2.72 bits per heavy atom. The van der Waals surface area contributed by atoms with Crippen LogP contribution >= 0.6 is 24.0 Å². The Morgan fingerprint density at radius 2 is 2.00 bits per heavy atom. The number of aliphatic imine (C=N–C) groups is 1. The number of hydrogen-bond donors (Lipinski definition) is 1. The molecule has 0 spiro atoms. The number of hydrogen-bond acceptors (Lipinski definition) is 8. The standard InChI is InChI=1S/C17H25N9O2.HI/c1-27-15-12-28-11-14(15)26-10-13(22-23-26)9-21-16(18)24-5-7-25(8-6-24)17-19-3-2-4-20-17;/h2-4,10,14-15H,5-9,11-12H2,1H3,(H2,18,21);1H/t14-,15-;/m1./s1. The quantitative estimate of drug-likeness (QED) is 0.331. The highest BCUT2D eigenvalue weighted by Crippen LogP contribution is 2.21. The SMILES string of the molecule is CO[C@@H]1COC[C@H]1n1cc(CN=C(N)N2CCN(c3ncccn3)CC2)nn1.I. The summed E-state index contributed by atoms with van der Waals surface area (Å²) in [6, 6.07) is 1.86. The van der Waals surface area contributed by atoms with Gasteiger partial charge in [-0.3, -0.25) is 0 Å². The lowest BCUT2D eigenvalue weighted by atomic mass is 10.2. The minimum absolute atomic E-state index is 0. The summed E-state index contributed by atoms with van der Waals surface area (Å²) in [6.07, 6.45) is 5.38. The van der Waals surface area contributed by atoms with Crippen molar-refractivity contribution in [2.75, 3.05) is 51.4 Å². The Balaban J connectivity index is 0.00000240. The molecule has 4 heterocycles. The van der Waals surface area contributed by atoms with E-state index in [1.807, 2.05) is 12.3 Å². The minimum atomic E-state index is -0.00647. The van der Waals surface area contributed by atoms with Crippen LogP contribution in [0.1, 0.15) is 11.7 Å². The largest absolute Gasteiger partial charge is 0.377 e. The molecule has 12 heteroatoms. The van der Waals surface area contributed by atoms with Crippen molar-refractivity contribution in [1.82, 2.24) is 29.9 Å². The molecule has 0 aliphatic carbocycles. The van der Waals surface area contributed by atoms with E-state index in [-0.39, 0.29) is 36.1 Å². The molecule has 2 fully saturated rings. The molecule has 2 N–H and O–H groups in total. The van der Waals surface area contributed by atoms with Crippen molar-refractivity contribution < 1.29 is 9.47 Å². The van der Waals surface area contributed by atoms with E-state index in [9.17, 15) is 0 Å². The van der Waals surface area contributed by atoms with Gasteiger partial charge in [-0.1, -0.05) is 5.21 Å². The molecule has 0 amide bonds. The molecule has 2 aliphatic heterocycles. The number of rotatable bonds is 5. The zero-order valence-corrected chi connectivity index (χ0v) is 18.6. The first-order chi connectivity index (χ1) is 13.7. The van der Waals surface area contributed by atoms with Crippen molar-refractivity contribution in [2.24, 2.45) is 10.7 Å². The van der Waals surface area contributed by atoms with E-state index >= 15 is 0 Å². The molecule has 0 radical (unpaired) electrons. The summed E-state index contributed by atoms with van der Waals surface area (Å²) >= 11 is 0. The van der Waals surface area contributed by atoms with Gasteiger partial charge in [-0.05, 0) is 6.07 Å². The van der Waals surface area contributed by atoms with Gasteiger partial charge in [-0.25, -0.2) is 19.6 Å². The molecule has 2 aromatic rings. The average Bonchev–Trinajstić information content (AvgIpc) is 3.41. The number of piperazine rings is 1. The summed E-state index contributed by atoms with van der Waals surface area (Å²) in [5.41, 5.74) is 6.95. The normalized spacial score (nSPS) is 22.6. The van der Waals surface area contributed by atoms with Gasteiger partial charge >= 0.3 is 0 Å². The molecule has 11 nitrogen and oxygen atoms in total. The third kappa shape index (κ3) is 5.11. The van der Waals surface area contributed by atoms with Crippen molar-refractivity contribution in [3.63, 3.8) is 0 Å². The van der Waals surface area contributed by atoms with Crippen LogP contribution in [0.2, 0.25) is 0 Å². The highest BCUT2D eigenvalue weighted by atomic mass is 127. The van der Waals surface area contributed by atoms with Crippen molar-refractivity contribution in [3.05, 3.63) is 30.4 Å². The molecule has 2 aliphatic rings. The number of nitrogens with zero attached hydrogens (tertiary/aromatic N) is 8. The molecular weight excluding hydrogens is 489 g/mol. The van der Waals surface area contributed by atoms with Crippen LogP contribution in [0.5, 0.6) is 0 Å². The summed E-state index contributed by atoms with van der Waals surface area (Å²) in [5, 5.41) is 8.39. The molecule has 0 bridgehead atoms. The topological polar surface area (TPSA) is 120 Å². The molecule has 29 heavy (non-hydrogen) atoms. The molecular formula is C17H26IN9O2. The summed E-state index contributed by atoms with van der Waals surface area (Å²) < 4.78 is 12.7. The van der Waals surface area contributed by atoms with Gasteiger partial charge in [-0.2, -0.15) is 0 Å². The molecule has 0 aromatic carbocycles. The maximum Gasteiger partial charge on any atom is 0.225 e. The lowest BCUT2D eigenvalue weighted by molar-refractivity contribution is 0.0661. The van der Waals surface area contributed by atoms with Gasteiger partial charge in [-0.15, -0.1) is 29.1 Å². The third-order valence-electron chi connectivity index (χ3n) is 5.04. The fraction of sp³-hybridized carbons (Fsp3) is 0.588. The van der Waals surface area contributed by atoms with Gasteiger partial charge in [0.05, 0.1) is 26.0 Å². The van der Waals surface area contributed by atoms with Crippen molar-refractivity contribution in [2.45, 2.75) is 18.7 Å². The second-order valence-corrected chi connectivity index (χ2v) is 6.77. The van der Waals surface area contributed by atoms with E-state index in [0.29, 0.717) is 25.7 Å². The van der Waals surface area contributed by atoms with Crippen LogP contribution < -0.4 is 10.6 Å². The number of nitrogens with two attached hydrogens (primary N) is 1. The fourth-order valence-electron chi connectivity index (χ4n) is 3.40. The lowest BCUT2D eigenvalue weighted by Crippen LogP contribution is -2.51. The second kappa shape index (κ2) is 10.1. The first kappa shape index (κ1) is 21.6. The number of methoxy groups -OCH3 is 1. The Bertz CT molecular complexity index is 795. The van der Waals surface area contributed by atoms with E-state index in [4.69, 9.17) is 15.2 Å². The first-order valence-corrected chi connectivity index (χ1v) is 9.32. The highest BCUT2D eigenvalue weighted by molar-refractivity contribution is 14.0. The summed E-state index contributed by atoms with van der Waals surface area (Å²) in [6.45, 7) is 4.68. The lowest BCUT2D eigenvalue weighted by Gasteiger charge is -2.35. The van der Waals surface area contributed by atoms with Gasteiger partial charge in [0, 0.05) is 45.7 Å². The van der Waals surface area contributed by atoms with Crippen molar-refractivity contribution in [1.29, 1.82) is 0 Å². The van der Waals surface area contributed by atoms with Gasteiger partial charge in [0.25, 0.3) is 0 Å². The first-order valence-electron chi connectivity index (χ1n) is 9.32. The maximum atomic E-state index is 6.18. The van der Waals surface area contributed by atoms with Crippen molar-refractivity contribution in [3.8, 4) is 0 Å². The molecule has 2 aromatic heterocycles. The van der Waals surface area contributed by atoms with Gasteiger partial charge in [0.15, 0.2) is 5.96 Å². The number of guanidine groups is 1. The smallest absolute Gasteiger partial charge is 0.225 e. The zero-order chi connectivity index (χ0) is 19.3. The number of ether oxygens (including phenoxy) is 2. The molecule has 0 unspecified atom stereocenters. The molecule has 4 rings (SSSR count). The Hall–Kier alpha value is -2.06. The van der Waals surface area contributed by atoms with E-state index in [2.05, 4.69) is 35.1 Å². The fourth-order valence-corrected chi connectivity index (χ4v) is 3.40. The van der Waals surface area contributed by atoms with E-state index in [1.165, 1.54) is 0 Å². The second-order valence-electron chi connectivity index (χ2n) is 6.77. The molecule has 2 saturated heterocycles. The van der Waals surface area contributed by atoms with Gasteiger partial charge in [0.2, 0.25) is 5.95 Å². The van der Waals surface area contributed by atoms with E-state index in [0.717, 1.165) is 37.8 Å². The number of aromatic nitrogens is 5. The average molecular weight is 515 g/mol. The Labute approximate surface area is 186 Å².